The number of hydrogen-bond donors (Lipinski definition) is 2. The third-order valence-corrected chi connectivity index (χ3v) is 7.81. The number of dihydropyridines is 1. The number of nitrogens with one attached hydrogen (secondary N) is 2. The number of methoxy groups -OCH3 is 3. The van der Waals surface area contributed by atoms with Crippen molar-refractivity contribution in [2.45, 2.75) is 38.5 Å². The fourth-order valence-corrected chi connectivity index (χ4v) is 5.90. The number of anilines is 1. The van der Waals surface area contributed by atoms with E-state index in [0.29, 0.717) is 65.0 Å². The first-order chi connectivity index (χ1) is 20.4. The molecule has 0 saturated heterocycles. The van der Waals surface area contributed by atoms with Gasteiger partial charge in [-0.05, 0) is 73.7 Å². The van der Waals surface area contributed by atoms with Gasteiger partial charge < -0.3 is 29.6 Å². The van der Waals surface area contributed by atoms with Gasteiger partial charge in [0.05, 0.1) is 33.6 Å². The van der Waals surface area contributed by atoms with E-state index in [1.54, 1.807) is 33.5 Å². The summed E-state index contributed by atoms with van der Waals surface area (Å²) in [6.07, 6.45) is 0.912. The lowest BCUT2D eigenvalue weighted by molar-refractivity contribution is -0.116. The Bertz CT molecular complexity index is 1570. The maximum absolute atomic E-state index is 14.1. The van der Waals surface area contributed by atoms with Crippen LogP contribution in [0.2, 0.25) is 0 Å². The van der Waals surface area contributed by atoms with E-state index in [9.17, 15) is 9.59 Å². The van der Waals surface area contributed by atoms with Crippen LogP contribution in [-0.4, -0.2) is 39.6 Å². The van der Waals surface area contributed by atoms with E-state index in [4.69, 9.17) is 18.9 Å². The molecule has 1 aliphatic heterocycles. The molecule has 2 N–H and O–H groups in total. The molecule has 0 radical (unpaired) electrons. The Morgan fingerprint density at radius 2 is 1.64 bits per heavy atom. The Kier molecular flexibility index (Phi) is 8.52. The topological polar surface area (TPSA) is 95.1 Å². The first-order valence-corrected chi connectivity index (χ1v) is 14.0. The first-order valence-electron chi connectivity index (χ1n) is 14.0. The smallest absolute Gasteiger partial charge is 0.254 e. The Morgan fingerprint density at radius 1 is 0.881 bits per heavy atom. The molecule has 1 amide bonds. The summed E-state index contributed by atoms with van der Waals surface area (Å²) >= 11 is 0. The average molecular weight is 569 g/mol. The lowest BCUT2D eigenvalue weighted by Crippen LogP contribution is -2.37. The van der Waals surface area contributed by atoms with Crippen molar-refractivity contribution in [3.8, 4) is 23.0 Å². The van der Waals surface area contributed by atoms with Crippen molar-refractivity contribution in [2.75, 3.05) is 33.3 Å². The van der Waals surface area contributed by atoms with E-state index in [1.807, 2.05) is 68.4 Å². The molecule has 3 aromatic carbocycles. The molecule has 0 unspecified atom stereocenters. The van der Waals surface area contributed by atoms with E-state index < -0.39 is 5.92 Å². The van der Waals surface area contributed by atoms with Gasteiger partial charge in [-0.15, -0.1) is 0 Å². The number of carbonyl (C=O) groups is 2. The number of rotatable bonds is 9. The third-order valence-electron chi connectivity index (χ3n) is 7.81. The SMILES string of the molecule is CCOc1cccc([C@@H]2C(C(=O)Nc3ccccc3OC)=C(C)NC3=C2C(=O)C[C@H](c2ccc(OC)c(OC)c2)C3)c1. The Balaban J connectivity index is 1.57. The van der Waals surface area contributed by atoms with Crippen LogP contribution in [0.15, 0.2) is 89.3 Å². The highest BCUT2D eigenvalue weighted by Crippen LogP contribution is 2.47. The molecule has 8 nitrogen and oxygen atoms in total. The number of ketones is 1. The zero-order valence-corrected chi connectivity index (χ0v) is 24.6. The summed E-state index contributed by atoms with van der Waals surface area (Å²) in [5, 5.41) is 6.46. The van der Waals surface area contributed by atoms with Gasteiger partial charge in [0.15, 0.2) is 17.3 Å². The highest BCUT2D eigenvalue weighted by Gasteiger charge is 2.41. The van der Waals surface area contributed by atoms with Crippen LogP contribution in [0.1, 0.15) is 49.7 Å². The number of Topliss-reactive ketones (excluding diaryl/α,β-unsaturated/α-hetero) is 1. The summed E-state index contributed by atoms with van der Waals surface area (Å²) in [5.74, 6) is 1.54. The summed E-state index contributed by atoms with van der Waals surface area (Å²) in [7, 11) is 4.76. The second-order valence-electron chi connectivity index (χ2n) is 10.3. The minimum Gasteiger partial charge on any atom is -0.495 e. The molecule has 0 fully saturated rings. The average Bonchev–Trinajstić information content (AvgIpc) is 3.00. The van der Waals surface area contributed by atoms with E-state index >= 15 is 0 Å². The summed E-state index contributed by atoms with van der Waals surface area (Å²) in [4.78, 5) is 28.0. The molecule has 5 rings (SSSR count). The van der Waals surface area contributed by atoms with Crippen LogP contribution in [-0.2, 0) is 9.59 Å². The number of ether oxygens (including phenoxy) is 4. The number of para-hydroxylation sites is 2. The van der Waals surface area contributed by atoms with Crippen LogP contribution in [0.4, 0.5) is 5.69 Å². The minimum absolute atomic E-state index is 0.00885. The van der Waals surface area contributed by atoms with Crippen molar-refractivity contribution in [1.82, 2.24) is 5.32 Å². The molecule has 2 aliphatic rings. The van der Waals surface area contributed by atoms with E-state index in [1.165, 1.54) is 0 Å². The predicted molar refractivity (Wildman–Crippen MR) is 161 cm³/mol. The number of benzene rings is 3. The van der Waals surface area contributed by atoms with Gasteiger partial charge in [0.2, 0.25) is 0 Å². The van der Waals surface area contributed by atoms with Crippen LogP contribution in [0.3, 0.4) is 0 Å². The zero-order chi connectivity index (χ0) is 29.8. The fourth-order valence-electron chi connectivity index (χ4n) is 5.90. The monoisotopic (exact) mass is 568 g/mol. The zero-order valence-electron chi connectivity index (χ0n) is 24.6. The van der Waals surface area contributed by atoms with Gasteiger partial charge in [-0.2, -0.15) is 0 Å². The van der Waals surface area contributed by atoms with Crippen LogP contribution in [0.25, 0.3) is 0 Å². The largest absolute Gasteiger partial charge is 0.495 e. The molecule has 3 aromatic rings. The van der Waals surface area contributed by atoms with E-state index in [2.05, 4.69) is 10.6 Å². The number of carbonyl (C=O) groups excluding carboxylic acids is 2. The maximum atomic E-state index is 14.1. The second-order valence-corrected chi connectivity index (χ2v) is 10.3. The van der Waals surface area contributed by atoms with Crippen molar-refractivity contribution in [3.63, 3.8) is 0 Å². The van der Waals surface area contributed by atoms with Gasteiger partial charge >= 0.3 is 0 Å². The highest BCUT2D eigenvalue weighted by atomic mass is 16.5. The Hall–Kier alpha value is -4.72. The molecule has 42 heavy (non-hydrogen) atoms. The number of allylic oxidation sites excluding steroid dienone is 3. The molecule has 0 saturated carbocycles. The van der Waals surface area contributed by atoms with Gasteiger partial charge in [-0.1, -0.05) is 30.3 Å². The first kappa shape index (κ1) is 28.8. The predicted octanol–water partition coefficient (Wildman–Crippen LogP) is 6.11. The fraction of sp³-hybridized carbons (Fsp3) is 0.294. The molecule has 218 valence electrons. The van der Waals surface area contributed by atoms with E-state index in [0.717, 1.165) is 16.8 Å². The quantitative estimate of drug-likeness (QED) is 0.322. The molecule has 0 aromatic heterocycles. The summed E-state index contributed by atoms with van der Waals surface area (Å²) in [6.45, 7) is 4.31. The minimum atomic E-state index is -0.574. The second kappa shape index (κ2) is 12.4. The van der Waals surface area contributed by atoms with Gasteiger partial charge in [0.25, 0.3) is 5.91 Å². The molecular weight excluding hydrogens is 532 g/mol. The molecular formula is C34H36N2O6. The number of amides is 1. The van der Waals surface area contributed by atoms with Crippen molar-refractivity contribution in [1.29, 1.82) is 0 Å². The summed E-state index contributed by atoms with van der Waals surface area (Å²) in [5.41, 5.74) is 4.96. The van der Waals surface area contributed by atoms with E-state index in [-0.39, 0.29) is 17.6 Å². The molecule has 2 atom stereocenters. The molecule has 8 heteroatoms. The summed E-state index contributed by atoms with van der Waals surface area (Å²) in [6, 6.07) is 20.7. The van der Waals surface area contributed by atoms with Crippen LogP contribution >= 0.6 is 0 Å². The van der Waals surface area contributed by atoms with Crippen LogP contribution in [0.5, 0.6) is 23.0 Å². The molecule has 1 heterocycles. The summed E-state index contributed by atoms with van der Waals surface area (Å²) < 4.78 is 22.2. The molecule has 1 aliphatic carbocycles. The lowest BCUT2D eigenvalue weighted by atomic mass is 9.71. The van der Waals surface area contributed by atoms with Crippen molar-refractivity contribution in [2.24, 2.45) is 0 Å². The Morgan fingerprint density at radius 3 is 2.38 bits per heavy atom. The van der Waals surface area contributed by atoms with Gasteiger partial charge in [0, 0.05) is 34.9 Å². The van der Waals surface area contributed by atoms with Crippen molar-refractivity contribution in [3.05, 3.63) is 100 Å². The van der Waals surface area contributed by atoms with Gasteiger partial charge in [-0.25, -0.2) is 0 Å². The molecule has 0 bridgehead atoms. The maximum Gasteiger partial charge on any atom is 0.254 e. The van der Waals surface area contributed by atoms with Gasteiger partial charge in [-0.3, -0.25) is 9.59 Å². The third kappa shape index (κ3) is 5.57. The van der Waals surface area contributed by atoms with Crippen molar-refractivity contribution >= 4 is 17.4 Å². The Labute approximate surface area is 246 Å². The van der Waals surface area contributed by atoms with Crippen molar-refractivity contribution < 1.29 is 28.5 Å². The normalized spacial score (nSPS) is 18.2. The lowest BCUT2D eigenvalue weighted by Gasteiger charge is -2.37. The van der Waals surface area contributed by atoms with Crippen LogP contribution < -0.4 is 29.6 Å². The van der Waals surface area contributed by atoms with Crippen LogP contribution in [0, 0.1) is 0 Å². The number of hydrogen-bond acceptors (Lipinski definition) is 7. The van der Waals surface area contributed by atoms with Gasteiger partial charge in [0.1, 0.15) is 11.5 Å². The standard InChI is InChI=1S/C34H36N2O6/c1-6-42-24-11-9-10-22(16-24)32-31(34(38)36-25-12-7-8-13-28(25)39-3)20(2)35-26-17-23(18-27(37)33(26)32)21-14-15-29(40-4)30(19-21)41-5/h7-16,19,23,32,35H,6,17-18H2,1-5H3,(H,36,38)/t23-,32-/m1/s1. The highest BCUT2D eigenvalue weighted by molar-refractivity contribution is 6.10. The molecule has 0 spiro atoms.